The number of benzene rings is 2. The molecule has 0 N–H and O–H groups in total. The third-order valence-corrected chi connectivity index (χ3v) is 7.20. The van der Waals surface area contributed by atoms with Crippen molar-refractivity contribution in [3.05, 3.63) is 58.1 Å². The summed E-state index contributed by atoms with van der Waals surface area (Å²) < 4.78 is 32.5. The highest BCUT2D eigenvalue weighted by molar-refractivity contribution is 7.89. The number of sulfonamides is 1. The smallest absolute Gasteiger partial charge is 0.260 e. The molecule has 0 spiro atoms. The van der Waals surface area contributed by atoms with Gasteiger partial charge < -0.3 is 9.64 Å². The van der Waals surface area contributed by atoms with Gasteiger partial charge in [0.25, 0.3) is 5.91 Å². The van der Waals surface area contributed by atoms with E-state index < -0.39 is 10.0 Å². The number of carbonyl (C=O) groups excluding carboxylic acids is 1. The summed E-state index contributed by atoms with van der Waals surface area (Å²) in [5.41, 5.74) is 0.952. The molecule has 1 aliphatic heterocycles. The fourth-order valence-corrected chi connectivity index (χ4v) is 4.73. The van der Waals surface area contributed by atoms with Crippen LogP contribution in [0.1, 0.15) is 5.56 Å². The Bertz CT molecular complexity index is 974. The number of hydrogen-bond donors (Lipinski definition) is 0. The molecule has 0 radical (unpaired) electrons. The maximum absolute atomic E-state index is 12.8. The number of hydrogen-bond acceptors (Lipinski definition) is 4. The highest BCUT2D eigenvalue weighted by Gasteiger charge is 2.30. The van der Waals surface area contributed by atoms with E-state index in [-0.39, 0.29) is 35.5 Å². The van der Waals surface area contributed by atoms with Crippen molar-refractivity contribution in [3.63, 3.8) is 0 Å². The van der Waals surface area contributed by atoms with Crippen LogP contribution in [0.25, 0.3) is 0 Å². The average molecular weight is 443 g/mol. The summed E-state index contributed by atoms with van der Waals surface area (Å²) in [4.78, 5) is 14.1. The molecule has 0 aliphatic carbocycles. The van der Waals surface area contributed by atoms with Crippen LogP contribution in [0.5, 0.6) is 5.75 Å². The monoisotopic (exact) mass is 442 g/mol. The lowest BCUT2D eigenvalue weighted by Crippen LogP contribution is -2.51. The molecule has 1 aliphatic rings. The predicted octanol–water partition coefficient (Wildman–Crippen LogP) is 3.21. The number of halogens is 2. The summed E-state index contributed by atoms with van der Waals surface area (Å²) >= 11 is 11.8. The Labute approximate surface area is 174 Å². The van der Waals surface area contributed by atoms with Crippen molar-refractivity contribution in [3.8, 4) is 5.75 Å². The second-order valence-corrected chi connectivity index (χ2v) is 9.17. The van der Waals surface area contributed by atoms with Crippen molar-refractivity contribution in [1.82, 2.24) is 9.21 Å². The molecular weight excluding hydrogens is 423 g/mol. The summed E-state index contributed by atoms with van der Waals surface area (Å²) in [5, 5.41) is 0.481. The largest absolute Gasteiger partial charge is 0.484 e. The number of piperazine rings is 1. The highest BCUT2D eigenvalue weighted by atomic mass is 35.5. The summed E-state index contributed by atoms with van der Waals surface area (Å²) in [6.45, 7) is 2.85. The zero-order valence-electron chi connectivity index (χ0n) is 15.3. The maximum atomic E-state index is 12.8. The summed E-state index contributed by atoms with van der Waals surface area (Å²) in [7, 11) is -3.69. The standard InChI is InChI=1S/C19H20Cl2N2O4S/c1-14-4-2-3-5-18(14)27-13-19(24)22-8-10-23(11-9-22)28(25,26)15-6-7-16(20)17(21)12-15/h2-7,12H,8-11,13H2,1H3. The number of ether oxygens (including phenoxy) is 1. The van der Waals surface area contributed by atoms with Crippen LogP contribution in [-0.2, 0) is 14.8 Å². The van der Waals surface area contributed by atoms with Gasteiger partial charge in [0.2, 0.25) is 10.0 Å². The highest BCUT2D eigenvalue weighted by Crippen LogP contribution is 2.27. The Morgan fingerprint density at radius 2 is 1.71 bits per heavy atom. The normalized spacial score (nSPS) is 15.5. The molecular formula is C19H20Cl2N2O4S. The zero-order valence-corrected chi connectivity index (χ0v) is 17.6. The second-order valence-electron chi connectivity index (χ2n) is 6.41. The van der Waals surface area contributed by atoms with Gasteiger partial charge in [-0.25, -0.2) is 8.42 Å². The quantitative estimate of drug-likeness (QED) is 0.712. The molecule has 150 valence electrons. The lowest BCUT2D eigenvalue weighted by atomic mass is 10.2. The van der Waals surface area contributed by atoms with E-state index in [4.69, 9.17) is 27.9 Å². The number of nitrogens with zero attached hydrogens (tertiary/aromatic N) is 2. The topological polar surface area (TPSA) is 66.9 Å². The number of rotatable bonds is 5. The molecule has 0 saturated carbocycles. The fourth-order valence-electron chi connectivity index (χ4n) is 2.91. The number of amides is 1. The maximum Gasteiger partial charge on any atom is 0.260 e. The van der Waals surface area contributed by atoms with Gasteiger partial charge in [0.05, 0.1) is 14.9 Å². The van der Waals surface area contributed by atoms with Gasteiger partial charge in [-0.3, -0.25) is 4.79 Å². The third kappa shape index (κ3) is 4.60. The van der Waals surface area contributed by atoms with Crippen molar-refractivity contribution in [1.29, 1.82) is 0 Å². The Kier molecular flexibility index (Phi) is 6.50. The van der Waals surface area contributed by atoms with Gasteiger partial charge in [0.1, 0.15) is 5.75 Å². The van der Waals surface area contributed by atoms with E-state index in [2.05, 4.69) is 0 Å². The first-order chi connectivity index (χ1) is 13.3. The molecule has 2 aromatic rings. The predicted molar refractivity (Wildman–Crippen MR) is 108 cm³/mol. The van der Waals surface area contributed by atoms with E-state index in [0.717, 1.165) is 5.56 Å². The van der Waals surface area contributed by atoms with Crippen molar-refractivity contribution in [2.45, 2.75) is 11.8 Å². The van der Waals surface area contributed by atoms with E-state index in [1.165, 1.54) is 22.5 Å². The minimum atomic E-state index is -3.69. The number of carbonyl (C=O) groups is 1. The van der Waals surface area contributed by atoms with Crippen molar-refractivity contribution in [2.75, 3.05) is 32.8 Å². The van der Waals surface area contributed by atoms with Crippen LogP contribution in [0.15, 0.2) is 47.4 Å². The van der Waals surface area contributed by atoms with Crippen LogP contribution >= 0.6 is 23.2 Å². The van der Waals surface area contributed by atoms with Crippen LogP contribution in [0.2, 0.25) is 10.0 Å². The number of aryl methyl sites for hydroxylation is 1. The molecule has 0 atom stereocenters. The molecule has 2 aromatic carbocycles. The zero-order chi connectivity index (χ0) is 20.3. The second kappa shape index (κ2) is 8.69. The van der Waals surface area contributed by atoms with Gasteiger partial charge in [-0.05, 0) is 36.8 Å². The van der Waals surface area contributed by atoms with E-state index in [1.54, 1.807) is 4.90 Å². The average Bonchev–Trinajstić information content (AvgIpc) is 2.69. The molecule has 1 heterocycles. The van der Waals surface area contributed by atoms with Crippen LogP contribution in [0.4, 0.5) is 0 Å². The van der Waals surface area contributed by atoms with E-state index in [0.29, 0.717) is 23.9 Å². The van der Waals surface area contributed by atoms with Gasteiger partial charge in [-0.15, -0.1) is 0 Å². The molecule has 0 unspecified atom stereocenters. The van der Waals surface area contributed by atoms with Crippen LogP contribution in [0, 0.1) is 6.92 Å². The van der Waals surface area contributed by atoms with Crippen LogP contribution in [0.3, 0.4) is 0 Å². The molecule has 0 bridgehead atoms. The minimum Gasteiger partial charge on any atom is -0.484 e. The molecule has 28 heavy (non-hydrogen) atoms. The lowest BCUT2D eigenvalue weighted by Gasteiger charge is -2.34. The Morgan fingerprint density at radius 3 is 2.36 bits per heavy atom. The first kappa shape index (κ1) is 20.9. The van der Waals surface area contributed by atoms with Crippen molar-refractivity contribution < 1.29 is 17.9 Å². The molecule has 6 nitrogen and oxygen atoms in total. The first-order valence-corrected chi connectivity index (χ1v) is 10.9. The van der Waals surface area contributed by atoms with E-state index in [9.17, 15) is 13.2 Å². The fraction of sp³-hybridized carbons (Fsp3) is 0.316. The van der Waals surface area contributed by atoms with Gasteiger partial charge >= 0.3 is 0 Å². The molecule has 0 aromatic heterocycles. The van der Waals surface area contributed by atoms with Crippen LogP contribution in [-0.4, -0.2) is 56.3 Å². The SMILES string of the molecule is Cc1ccccc1OCC(=O)N1CCN(S(=O)(=O)c2ccc(Cl)c(Cl)c2)CC1. The summed E-state index contributed by atoms with van der Waals surface area (Å²) in [5.74, 6) is 0.492. The number of para-hydroxylation sites is 1. The summed E-state index contributed by atoms with van der Waals surface area (Å²) in [6, 6.07) is 11.7. The third-order valence-electron chi connectivity index (χ3n) is 4.56. The molecule has 3 rings (SSSR count). The van der Waals surface area contributed by atoms with Gasteiger partial charge in [0, 0.05) is 26.2 Å². The first-order valence-electron chi connectivity index (χ1n) is 8.70. The van der Waals surface area contributed by atoms with Gasteiger partial charge in [-0.2, -0.15) is 4.31 Å². The van der Waals surface area contributed by atoms with Gasteiger partial charge in [0.15, 0.2) is 6.61 Å². The Morgan fingerprint density at radius 1 is 1.04 bits per heavy atom. The minimum absolute atomic E-state index is 0.0790. The Hall–Kier alpha value is -1.80. The Balaban J connectivity index is 1.58. The van der Waals surface area contributed by atoms with Crippen molar-refractivity contribution in [2.24, 2.45) is 0 Å². The van der Waals surface area contributed by atoms with E-state index >= 15 is 0 Å². The summed E-state index contributed by atoms with van der Waals surface area (Å²) in [6.07, 6.45) is 0. The molecule has 1 amide bonds. The van der Waals surface area contributed by atoms with Gasteiger partial charge in [-0.1, -0.05) is 41.4 Å². The lowest BCUT2D eigenvalue weighted by molar-refractivity contribution is -0.134. The molecule has 1 fully saturated rings. The molecule has 1 saturated heterocycles. The molecule has 9 heteroatoms. The van der Waals surface area contributed by atoms with Crippen LogP contribution < -0.4 is 4.74 Å². The van der Waals surface area contributed by atoms with Crippen molar-refractivity contribution >= 4 is 39.1 Å². The van der Waals surface area contributed by atoms with E-state index in [1.807, 2.05) is 31.2 Å².